The molecule has 0 radical (unpaired) electrons. The molecule has 5 heteroatoms. The maximum absolute atomic E-state index is 5.90. The SMILES string of the molecule is [Cl-].c1ccc(OC[C@@H]2CCc3nn(-c4ccccc4)c[n+]32)cc1. The van der Waals surface area contributed by atoms with Crippen molar-refractivity contribution in [1.82, 2.24) is 9.78 Å². The van der Waals surface area contributed by atoms with Crippen molar-refractivity contribution in [2.24, 2.45) is 0 Å². The Balaban J connectivity index is 0.00000156. The van der Waals surface area contributed by atoms with Crippen molar-refractivity contribution < 1.29 is 21.7 Å². The Labute approximate surface area is 141 Å². The van der Waals surface area contributed by atoms with Crippen molar-refractivity contribution in [2.75, 3.05) is 6.61 Å². The molecule has 2 heterocycles. The number of benzene rings is 2. The molecule has 1 atom stereocenters. The third-order valence-electron chi connectivity index (χ3n) is 4.06. The van der Waals surface area contributed by atoms with E-state index in [4.69, 9.17) is 9.84 Å². The van der Waals surface area contributed by atoms with Gasteiger partial charge in [0.25, 0.3) is 5.82 Å². The van der Waals surface area contributed by atoms with E-state index in [9.17, 15) is 0 Å². The van der Waals surface area contributed by atoms with Gasteiger partial charge in [0.1, 0.15) is 24.1 Å². The fraction of sp³-hybridized carbons (Fsp3) is 0.222. The zero-order chi connectivity index (χ0) is 14.8. The second-order valence-electron chi connectivity index (χ2n) is 5.54. The Morgan fingerprint density at radius 3 is 2.48 bits per heavy atom. The molecular weight excluding hydrogens is 310 g/mol. The Morgan fingerprint density at radius 2 is 1.74 bits per heavy atom. The van der Waals surface area contributed by atoms with Crippen LogP contribution in [0.4, 0.5) is 0 Å². The summed E-state index contributed by atoms with van der Waals surface area (Å²) < 4.78 is 10.1. The average Bonchev–Trinajstić information content (AvgIpc) is 3.16. The number of hydrogen-bond donors (Lipinski definition) is 0. The summed E-state index contributed by atoms with van der Waals surface area (Å²) >= 11 is 0. The summed E-state index contributed by atoms with van der Waals surface area (Å²) in [4.78, 5) is 0. The Hall–Kier alpha value is -2.33. The summed E-state index contributed by atoms with van der Waals surface area (Å²) in [6.07, 6.45) is 4.17. The first-order chi connectivity index (χ1) is 10.9. The first kappa shape index (κ1) is 15.6. The Bertz CT molecular complexity index is 758. The second kappa shape index (κ2) is 6.84. The van der Waals surface area contributed by atoms with E-state index in [1.807, 2.05) is 53.2 Å². The van der Waals surface area contributed by atoms with Crippen LogP contribution in [0.2, 0.25) is 0 Å². The third-order valence-corrected chi connectivity index (χ3v) is 4.06. The standard InChI is InChI=1S/C18H18N3O.ClH/c1-3-7-15(8-4-1)21-14-20-16(11-12-18(20)19-21)13-22-17-9-5-2-6-10-17;/h1-10,14,16H,11-13H2;1H/q+1;/p-1/t16-;/m0./s1. The highest BCUT2D eigenvalue weighted by atomic mass is 35.5. The maximum Gasteiger partial charge on any atom is 0.278 e. The lowest BCUT2D eigenvalue weighted by Crippen LogP contribution is -3.00. The van der Waals surface area contributed by atoms with E-state index in [-0.39, 0.29) is 12.4 Å². The number of halogens is 1. The number of hydrogen-bond acceptors (Lipinski definition) is 2. The van der Waals surface area contributed by atoms with Crippen molar-refractivity contribution >= 4 is 0 Å². The summed E-state index contributed by atoms with van der Waals surface area (Å²) in [5, 5.41) is 4.69. The van der Waals surface area contributed by atoms with Crippen molar-refractivity contribution in [1.29, 1.82) is 0 Å². The predicted molar refractivity (Wildman–Crippen MR) is 83.1 cm³/mol. The largest absolute Gasteiger partial charge is 1.00 e. The fourth-order valence-corrected chi connectivity index (χ4v) is 2.88. The molecule has 0 unspecified atom stereocenters. The van der Waals surface area contributed by atoms with Gasteiger partial charge in [-0.3, -0.25) is 0 Å². The molecule has 0 saturated carbocycles. The lowest BCUT2D eigenvalue weighted by Gasteiger charge is -2.10. The maximum atomic E-state index is 5.90. The van der Waals surface area contributed by atoms with Crippen LogP contribution in [0.25, 0.3) is 5.69 Å². The lowest BCUT2D eigenvalue weighted by atomic mass is 10.2. The highest BCUT2D eigenvalue weighted by molar-refractivity contribution is 5.29. The number of aryl methyl sites for hydroxylation is 1. The van der Waals surface area contributed by atoms with Gasteiger partial charge in [-0.25, -0.2) is 4.57 Å². The van der Waals surface area contributed by atoms with E-state index in [2.05, 4.69) is 23.0 Å². The van der Waals surface area contributed by atoms with Gasteiger partial charge in [0.2, 0.25) is 6.33 Å². The van der Waals surface area contributed by atoms with Crippen molar-refractivity contribution in [2.45, 2.75) is 18.9 Å². The van der Waals surface area contributed by atoms with Crippen LogP contribution in [0, 0.1) is 0 Å². The van der Waals surface area contributed by atoms with E-state index >= 15 is 0 Å². The van der Waals surface area contributed by atoms with Crippen LogP contribution >= 0.6 is 0 Å². The predicted octanol–water partition coefficient (Wildman–Crippen LogP) is -0.270. The highest BCUT2D eigenvalue weighted by Crippen LogP contribution is 2.19. The summed E-state index contributed by atoms with van der Waals surface area (Å²) in [5.74, 6) is 2.05. The smallest absolute Gasteiger partial charge is 0.278 e. The molecule has 1 aliphatic rings. The minimum absolute atomic E-state index is 0. The van der Waals surface area contributed by atoms with Gasteiger partial charge in [0.05, 0.1) is 0 Å². The molecule has 0 bridgehead atoms. The summed E-state index contributed by atoms with van der Waals surface area (Å²) in [5.41, 5.74) is 1.09. The summed E-state index contributed by atoms with van der Waals surface area (Å²) in [6.45, 7) is 0.683. The first-order valence-corrected chi connectivity index (χ1v) is 7.63. The molecule has 2 aromatic carbocycles. The number of fused-ring (bicyclic) bond motifs is 1. The number of aromatic nitrogens is 3. The first-order valence-electron chi connectivity index (χ1n) is 7.63. The van der Waals surface area contributed by atoms with Gasteiger partial charge in [-0.1, -0.05) is 41.1 Å². The molecule has 0 aliphatic carbocycles. The molecule has 0 spiro atoms. The molecule has 1 aromatic heterocycles. The molecule has 23 heavy (non-hydrogen) atoms. The topological polar surface area (TPSA) is 30.9 Å². The second-order valence-corrected chi connectivity index (χ2v) is 5.54. The van der Waals surface area contributed by atoms with E-state index in [1.165, 1.54) is 0 Å². The molecule has 1 aliphatic heterocycles. The molecule has 4 rings (SSSR count). The van der Waals surface area contributed by atoms with Gasteiger partial charge < -0.3 is 17.1 Å². The van der Waals surface area contributed by atoms with Crippen molar-refractivity contribution in [3.8, 4) is 11.4 Å². The quantitative estimate of drug-likeness (QED) is 0.618. The van der Waals surface area contributed by atoms with Gasteiger partial charge >= 0.3 is 0 Å². The van der Waals surface area contributed by atoms with E-state index in [0.717, 1.165) is 30.1 Å². The fourth-order valence-electron chi connectivity index (χ4n) is 2.88. The number of para-hydroxylation sites is 2. The van der Waals surface area contributed by atoms with Crippen LogP contribution in [0.1, 0.15) is 18.3 Å². The van der Waals surface area contributed by atoms with E-state index < -0.39 is 0 Å². The van der Waals surface area contributed by atoms with Crippen LogP contribution in [0.3, 0.4) is 0 Å². The molecular formula is C18H18ClN3O. The van der Waals surface area contributed by atoms with Gasteiger partial charge in [-0.2, -0.15) is 0 Å². The normalized spacial score (nSPS) is 15.7. The average molecular weight is 328 g/mol. The van der Waals surface area contributed by atoms with Crippen LogP contribution in [0.15, 0.2) is 67.0 Å². The third kappa shape index (κ3) is 3.22. The molecule has 0 N–H and O–H groups in total. The minimum Gasteiger partial charge on any atom is -1.00 e. The number of nitrogens with zero attached hydrogens (tertiary/aromatic N) is 3. The van der Waals surface area contributed by atoms with Crippen LogP contribution in [-0.4, -0.2) is 16.4 Å². The summed E-state index contributed by atoms with van der Waals surface area (Å²) in [7, 11) is 0. The van der Waals surface area contributed by atoms with Gasteiger partial charge in [0.15, 0.2) is 0 Å². The highest BCUT2D eigenvalue weighted by Gasteiger charge is 2.32. The number of ether oxygens (including phenoxy) is 1. The molecule has 0 fully saturated rings. The molecule has 4 nitrogen and oxygen atoms in total. The van der Waals surface area contributed by atoms with Gasteiger partial charge in [0, 0.05) is 11.5 Å². The van der Waals surface area contributed by atoms with Gasteiger partial charge in [-0.15, -0.1) is 0 Å². The van der Waals surface area contributed by atoms with E-state index in [1.54, 1.807) is 0 Å². The monoisotopic (exact) mass is 327 g/mol. The van der Waals surface area contributed by atoms with Crippen LogP contribution in [0.5, 0.6) is 5.75 Å². The number of rotatable bonds is 4. The lowest BCUT2D eigenvalue weighted by molar-refractivity contribution is -0.717. The zero-order valence-electron chi connectivity index (χ0n) is 12.7. The summed E-state index contributed by atoms with van der Waals surface area (Å²) in [6, 6.07) is 20.5. The van der Waals surface area contributed by atoms with Crippen molar-refractivity contribution in [3.05, 3.63) is 72.8 Å². The van der Waals surface area contributed by atoms with Crippen LogP contribution < -0.4 is 21.7 Å². The Kier molecular flexibility index (Phi) is 4.63. The Morgan fingerprint density at radius 1 is 1.04 bits per heavy atom. The molecule has 0 saturated heterocycles. The molecule has 0 amide bonds. The van der Waals surface area contributed by atoms with Crippen molar-refractivity contribution in [3.63, 3.8) is 0 Å². The molecule has 118 valence electrons. The molecule has 3 aromatic rings. The van der Waals surface area contributed by atoms with Gasteiger partial charge in [-0.05, 0) is 30.7 Å². The van der Waals surface area contributed by atoms with Crippen LogP contribution in [-0.2, 0) is 6.42 Å². The zero-order valence-corrected chi connectivity index (χ0v) is 13.4. The van der Waals surface area contributed by atoms with E-state index in [0.29, 0.717) is 12.6 Å². The minimum atomic E-state index is 0.